The Morgan fingerprint density at radius 1 is 1.10 bits per heavy atom. The monoisotopic (exact) mass is 294 g/mol. The smallest absolute Gasteiger partial charge is 0.322 e. The highest BCUT2D eigenvalue weighted by atomic mass is 16.2. The molecule has 0 bridgehead atoms. The zero-order chi connectivity index (χ0) is 15.1. The van der Waals surface area contributed by atoms with Crippen LogP contribution in [-0.4, -0.2) is 46.9 Å². The topological polar surface area (TPSA) is 105 Å². The number of nitrogens with two attached hydrogens (primary N) is 1. The number of nitrogens with zero attached hydrogens (tertiary/aromatic N) is 1. The SMILES string of the molecule is NC1(C(=O)N2CCCC3(C2)NC(=O)NC3=O)CCCCC1. The van der Waals surface area contributed by atoms with Gasteiger partial charge in [0, 0.05) is 6.54 Å². The van der Waals surface area contributed by atoms with Crippen LogP contribution < -0.4 is 16.4 Å². The van der Waals surface area contributed by atoms with Gasteiger partial charge in [0.25, 0.3) is 5.91 Å². The Balaban J connectivity index is 1.75. The van der Waals surface area contributed by atoms with Gasteiger partial charge < -0.3 is 16.0 Å². The van der Waals surface area contributed by atoms with Crippen molar-refractivity contribution < 1.29 is 14.4 Å². The molecule has 4 N–H and O–H groups in total. The number of rotatable bonds is 1. The van der Waals surface area contributed by atoms with Gasteiger partial charge in [0.05, 0.1) is 12.1 Å². The van der Waals surface area contributed by atoms with E-state index in [4.69, 9.17) is 5.73 Å². The van der Waals surface area contributed by atoms with E-state index in [0.717, 1.165) is 19.3 Å². The number of hydrogen-bond acceptors (Lipinski definition) is 4. The van der Waals surface area contributed by atoms with E-state index < -0.39 is 17.1 Å². The second kappa shape index (κ2) is 4.98. The number of carbonyl (C=O) groups excluding carboxylic acids is 3. The van der Waals surface area contributed by atoms with Gasteiger partial charge in [-0.1, -0.05) is 19.3 Å². The third kappa shape index (κ3) is 2.39. The Morgan fingerprint density at radius 3 is 2.43 bits per heavy atom. The van der Waals surface area contributed by atoms with E-state index in [1.165, 1.54) is 0 Å². The molecule has 0 aromatic heterocycles. The molecule has 1 saturated carbocycles. The van der Waals surface area contributed by atoms with E-state index in [2.05, 4.69) is 10.6 Å². The molecule has 1 spiro atoms. The fourth-order valence-corrected chi connectivity index (χ4v) is 3.76. The van der Waals surface area contributed by atoms with E-state index in [9.17, 15) is 14.4 Å². The van der Waals surface area contributed by atoms with Crippen LogP contribution in [0.1, 0.15) is 44.9 Å². The molecule has 1 unspecified atom stereocenters. The Morgan fingerprint density at radius 2 is 1.81 bits per heavy atom. The Labute approximate surface area is 123 Å². The molecule has 1 atom stereocenters. The number of hydrogen-bond donors (Lipinski definition) is 3. The van der Waals surface area contributed by atoms with Crippen LogP contribution in [0, 0.1) is 0 Å². The van der Waals surface area contributed by atoms with Crippen LogP contribution >= 0.6 is 0 Å². The minimum Gasteiger partial charge on any atom is -0.338 e. The molecular weight excluding hydrogens is 272 g/mol. The highest BCUT2D eigenvalue weighted by molar-refractivity contribution is 6.07. The summed E-state index contributed by atoms with van der Waals surface area (Å²) in [6, 6.07) is -0.477. The second-order valence-corrected chi connectivity index (χ2v) is 6.54. The molecule has 3 aliphatic rings. The molecule has 7 heteroatoms. The van der Waals surface area contributed by atoms with Crippen molar-refractivity contribution in [1.82, 2.24) is 15.5 Å². The summed E-state index contributed by atoms with van der Waals surface area (Å²) in [5.74, 6) is -0.407. The summed E-state index contributed by atoms with van der Waals surface area (Å²) in [6.07, 6.45) is 5.72. The van der Waals surface area contributed by atoms with Gasteiger partial charge in [0.15, 0.2) is 0 Å². The summed E-state index contributed by atoms with van der Waals surface area (Å²) in [5, 5.41) is 4.95. The van der Waals surface area contributed by atoms with Crippen molar-refractivity contribution in [1.29, 1.82) is 0 Å². The first-order valence-corrected chi connectivity index (χ1v) is 7.67. The maximum absolute atomic E-state index is 12.8. The Hall–Kier alpha value is -1.63. The van der Waals surface area contributed by atoms with E-state index in [0.29, 0.717) is 32.2 Å². The van der Waals surface area contributed by atoms with Crippen LogP contribution in [0.4, 0.5) is 4.79 Å². The van der Waals surface area contributed by atoms with Gasteiger partial charge >= 0.3 is 6.03 Å². The molecule has 0 aromatic rings. The number of imide groups is 1. The quantitative estimate of drug-likeness (QED) is 0.585. The lowest BCUT2D eigenvalue weighted by Crippen LogP contribution is -2.64. The van der Waals surface area contributed by atoms with Gasteiger partial charge in [0.2, 0.25) is 5.91 Å². The van der Waals surface area contributed by atoms with Crippen LogP contribution in [0.15, 0.2) is 0 Å². The molecule has 3 rings (SSSR count). The third-order valence-electron chi connectivity index (χ3n) is 4.97. The summed E-state index contributed by atoms with van der Waals surface area (Å²) < 4.78 is 0. The zero-order valence-electron chi connectivity index (χ0n) is 12.1. The predicted molar refractivity (Wildman–Crippen MR) is 75.2 cm³/mol. The molecule has 4 amide bonds. The first-order valence-electron chi connectivity index (χ1n) is 7.67. The minimum atomic E-state index is -0.962. The average Bonchev–Trinajstić information content (AvgIpc) is 2.72. The van der Waals surface area contributed by atoms with Gasteiger partial charge in [-0.05, 0) is 25.7 Å². The van der Waals surface area contributed by atoms with E-state index in [1.54, 1.807) is 4.90 Å². The van der Waals surface area contributed by atoms with Crippen molar-refractivity contribution in [3.63, 3.8) is 0 Å². The van der Waals surface area contributed by atoms with Crippen molar-refractivity contribution in [3.05, 3.63) is 0 Å². The van der Waals surface area contributed by atoms with Crippen molar-refractivity contribution in [3.8, 4) is 0 Å². The van der Waals surface area contributed by atoms with E-state index in [1.807, 2.05) is 0 Å². The van der Waals surface area contributed by atoms with E-state index in [-0.39, 0.29) is 18.4 Å². The fraction of sp³-hybridized carbons (Fsp3) is 0.786. The fourth-order valence-electron chi connectivity index (χ4n) is 3.76. The zero-order valence-corrected chi connectivity index (χ0v) is 12.1. The molecule has 1 aliphatic carbocycles. The van der Waals surface area contributed by atoms with Crippen LogP contribution in [0.25, 0.3) is 0 Å². The maximum atomic E-state index is 12.8. The molecule has 2 saturated heterocycles. The van der Waals surface area contributed by atoms with Crippen LogP contribution in [0.3, 0.4) is 0 Å². The van der Waals surface area contributed by atoms with E-state index >= 15 is 0 Å². The number of carbonyl (C=O) groups is 3. The number of nitrogens with one attached hydrogen (secondary N) is 2. The normalized spacial score (nSPS) is 32.0. The predicted octanol–water partition coefficient (Wildman–Crippen LogP) is -0.151. The molecule has 3 fully saturated rings. The summed E-state index contributed by atoms with van der Waals surface area (Å²) >= 11 is 0. The average molecular weight is 294 g/mol. The summed E-state index contributed by atoms with van der Waals surface area (Å²) in [7, 11) is 0. The van der Waals surface area contributed by atoms with Crippen LogP contribution in [0.2, 0.25) is 0 Å². The highest BCUT2D eigenvalue weighted by Crippen LogP contribution is 2.31. The lowest BCUT2D eigenvalue weighted by molar-refractivity contribution is -0.142. The molecule has 0 aromatic carbocycles. The molecule has 2 aliphatic heterocycles. The molecular formula is C14H22N4O3. The first-order chi connectivity index (χ1) is 9.95. The number of amides is 4. The molecule has 0 radical (unpaired) electrons. The Kier molecular flexibility index (Phi) is 3.39. The van der Waals surface area contributed by atoms with Crippen LogP contribution in [0.5, 0.6) is 0 Å². The lowest BCUT2D eigenvalue weighted by Gasteiger charge is -2.43. The van der Waals surface area contributed by atoms with Crippen LogP contribution in [-0.2, 0) is 9.59 Å². The Bertz CT molecular complexity index is 487. The number of urea groups is 1. The number of piperidine rings is 1. The van der Waals surface area contributed by atoms with Crippen molar-refractivity contribution >= 4 is 17.8 Å². The molecule has 116 valence electrons. The first kappa shape index (κ1) is 14.3. The van der Waals surface area contributed by atoms with Gasteiger partial charge in [-0.25, -0.2) is 4.79 Å². The third-order valence-corrected chi connectivity index (χ3v) is 4.97. The molecule has 2 heterocycles. The molecule has 21 heavy (non-hydrogen) atoms. The van der Waals surface area contributed by atoms with Gasteiger partial charge in [0.1, 0.15) is 5.54 Å². The maximum Gasteiger partial charge on any atom is 0.322 e. The van der Waals surface area contributed by atoms with Crippen molar-refractivity contribution in [2.24, 2.45) is 5.73 Å². The summed E-state index contributed by atoms with van der Waals surface area (Å²) in [5.41, 5.74) is 4.55. The van der Waals surface area contributed by atoms with Gasteiger partial charge in [-0.15, -0.1) is 0 Å². The molecule has 7 nitrogen and oxygen atoms in total. The second-order valence-electron chi connectivity index (χ2n) is 6.54. The largest absolute Gasteiger partial charge is 0.338 e. The summed E-state index contributed by atoms with van der Waals surface area (Å²) in [6.45, 7) is 0.824. The highest BCUT2D eigenvalue weighted by Gasteiger charge is 2.51. The minimum absolute atomic E-state index is 0.0739. The number of likely N-dealkylation sites (tertiary alicyclic amines) is 1. The summed E-state index contributed by atoms with van der Waals surface area (Å²) in [4.78, 5) is 37.8. The van der Waals surface area contributed by atoms with Crippen molar-refractivity contribution in [2.45, 2.75) is 56.0 Å². The standard InChI is InChI=1S/C14H22N4O3/c15-13(5-2-1-3-6-13)11(20)18-8-4-7-14(9-18)10(19)16-12(21)17-14/h1-9,15H2,(H2,16,17,19,21). The van der Waals surface area contributed by atoms with Gasteiger partial charge in [-0.3, -0.25) is 14.9 Å². The van der Waals surface area contributed by atoms with Crippen molar-refractivity contribution in [2.75, 3.05) is 13.1 Å². The lowest BCUT2D eigenvalue weighted by atomic mass is 9.80. The van der Waals surface area contributed by atoms with Gasteiger partial charge in [-0.2, -0.15) is 0 Å².